The Labute approximate surface area is 90.1 Å². The average molecular weight is 315 g/mol. The standard InChI is InChI=1S/C6H2Br2ClNO2/c7-3-1-4(8)6(10(11)12)2-5(3)9/h1-2H. The molecule has 0 aliphatic heterocycles. The molecule has 64 valence electrons. The maximum absolute atomic E-state index is 10.4. The molecule has 12 heavy (non-hydrogen) atoms. The van der Waals surface area contributed by atoms with Gasteiger partial charge >= 0.3 is 0 Å². The lowest BCUT2D eigenvalue weighted by molar-refractivity contribution is -0.385. The number of hydrogen-bond donors (Lipinski definition) is 0. The molecule has 1 rings (SSSR count). The number of nitrogens with zero attached hydrogens (tertiary/aromatic N) is 1. The molecule has 0 saturated carbocycles. The van der Waals surface area contributed by atoms with Crippen LogP contribution in [-0.2, 0) is 0 Å². The second kappa shape index (κ2) is 3.72. The Hall–Kier alpha value is -0.130. The van der Waals surface area contributed by atoms with E-state index in [-0.39, 0.29) is 5.69 Å². The summed E-state index contributed by atoms with van der Waals surface area (Å²) < 4.78 is 1.03. The molecule has 0 atom stereocenters. The highest BCUT2D eigenvalue weighted by Gasteiger charge is 2.13. The van der Waals surface area contributed by atoms with Crippen molar-refractivity contribution >= 4 is 49.1 Å². The van der Waals surface area contributed by atoms with Gasteiger partial charge in [0, 0.05) is 10.5 Å². The molecule has 1 aromatic carbocycles. The van der Waals surface area contributed by atoms with Gasteiger partial charge in [0.15, 0.2) is 0 Å². The van der Waals surface area contributed by atoms with Gasteiger partial charge in [0.2, 0.25) is 0 Å². The predicted molar refractivity (Wildman–Crippen MR) is 53.5 cm³/mol. The van der Waals surface area contributed by atoms with Gasteiger partial charge in [-0.25, -0.2) is 0 Å². The molecule has 0 unspecified atom stereocenters. The van der Waals surface area contributed by atoms with E-state index in [2.05, 4.69) is 31.9 Å². The van der Waals surface area contributed by atoms with E-state index in [0.717, 1.165) is 0 Å². The van der Waals surface area contributed by atoms with Gasteiger partial charge < -0.3 is 0 Å². The minimum absolute atomic E-state index is 0.0387. The molecular weight excluding hydrogens is 313 g/mol. The third-order valence-electron chi connectivity index (χ3n) is 1.19. The van der Waals surface area contributed by atoms with Crippen molar-refractivity contribution in [2.24, 2.45) is 0 Å². The summed E-state index contributed by atoms with van der Waals surface area (Å²) in [5.74, 6) is 0. The molecular formula is C6H2Br2ClNO2. The summed E-state index contributed by atoms with van der Waals surface area (Å²) in [6, 6.07) is 2.83. The number of rotatable bonds is 1. The van der Waals surface area contributed by atoms with E-state index in [4.69, 9.17) is 11.6 Å². The molecule has 0 aliphatic carbocycles. The number of hydrogen-bond acceptors (Lipinski definition) is 2. The minimum atomic E-state index is -0.498. The van der Waals surface area contributed by atoms with Crippen LogP contribution in [0.3, 0.4) is 0 Å². The van der Waals surface area contributed by atoms with Gasteiger partial charge in [-0.1, -0.05) is 11.6 Å². The third kappa shape index (κ3) is 1.97. The van der Waals surface area contributed by atoms with Crippen LogP contribution in [0.1, 0.15) is 0 Å². The monoisotopic (exact) mass is 313 g/mol. The number of halogens is 3. The molecule has 0 aliphatic rings. The van der Waals surface area contributed by atoms with Gasteiger partial charge in [0.25, 0.3) is 5.69 Å². The SMILES string of the molecule is O=[N+]([O-])c1cc(Cl)c(Br)cc1Br. The molecule has 0 fully saturated rings. The molecule has 0 saturated heterocycles. The number of benzene rings is 1. The van der Waals surface area contributed by atoms with Crippen LogP contribution < -0.4 is 0 Å². The highest BCUT2D eigenvalue weighted by atomic mass is 79.9. The molecule has 6 heteroatoms. The zero-order chi connectivity index (χ0) is 9.30. The molecule has 0 spiro atoms. The molecule has 3 nitrogen and oxygen atoms in total. The number of nitro benzene ring substituents is 1. The Morgan fingerprint density at radius 1 is 1.33 bits per heavy atom. The second-order valence-corrected chi connectivity index (χ2v) is 4.09. The average Bonchev–Trinajstić information content (AvgIpc) is 1.96. The van der Waals surface area contributed by atoms with Crippen LogP contribution in [0.15, 0.2) is 21.1 Å². The first kappa shape index (κ1) is 9.95. The predicted octanol–water partition coefficient (Wildman–Crippen LogP) is 3.77. The summed E-state index contributed by atoms with van der Waals surface area (Å²) in [6.07, 6.45) is 0. The quantitative estimate of drug-likeness (QED) is 0.450. The zero-order valence-electron chi connectivity index (χ0n) is 5.55. The Morgan fingerprint density at radius 2 is 1.92 bits per heavy atom. The van der Waals surface area contributed by atoms with E-state index in [1.54, 1.807) is 6.07 Å². The van der Waals surface area contributed by atoms with Crippen LogP contribution in [0.2, 0.25) is 5.02 Å². The molecule has 0 bridgehead atoms. The Kier molecular flexibility index (Phi) is 3.09. The Morgan fingerprint density at radius 3 is 2.42 bits per heavy atom. The fourth-order valence-electron chi connectivity index (χ4n) is 0.652. The summed E-state index contributed by atoms with van der Waals surface area (Å²) in [5.41, 5.74) is -0.0387. The lowest BCUT2D eigenvalue weighted by atomic mass is 10.3. The second-order valence-electron chi connectivity index (χ2n) is 1.97. The highest BCUT2D eigenvalue weighted by Crippen LogP contribution is 2.33. The van der Waals surface area contributed by atoms with Crippen LogP contribution in [0.5, 0.6) is 0 Å². The molecule has 1 aromatic rings. The Bertz CT molecular complexity index is 343. The van der Waals surface area contributed by atoms with Gasteiger partial charge in [-0.3, -0.25) is 10.1 Å². The fourth-order valence-corrected chi connectivity index (χ4v) is 1.95. The summed E-state index contributed by atoms with van der Waals surface area (Å²) >= 11 is 11.9. The van der Waals surface area contributed by atoms with Crippen LogP contribution >= 0.6 is 43.5 Å². The van der Waals surface area contributed by atoms with E-state index >= 15 is 0 Å². The smallest absolute Gasteiger partial charge is 0.258 e. The van der Waals surface area contributed by atoms with Crippen molar-refractivity contribution in [3.63, 3.8) is 0 Å². The topological polar surface area (TPSA) is 43.1 Å². The summed E-state index contributed by atoms with van der Waals surface area (Å²) in [4.78, 5) is 9.89. The van der Waals surface area contributed by atoms with Crippen molar-refractivity contribution in [3.05, 3.63) is 36.2 Å². The van der Waals surface area contributed by atoms with Gasteiger partial charge in [-0.05, 0) is 37.9 Å². The summed E-state index contributed by atoms with van der Waals surface area (Å²) in [6.45, 7) is 0. The lowest BCUT2D eigenvalue weighted by Crippen LogP contribution is -1.89. The third-order valence-corrected chi connectivity index (χ3v) is 3.02. The van der Waals surface area contributed by atoms with Crippen LogP contribution in [0.25, 0.3) is 0 Å². The normalized spacial score (nSPS) is 9.92. The Balaban J connectivity index is 3.33. The van der Waals surface area contributed by atoms with E-state index in [0.29, 0.717) is 14.0 Å². The molecule has 0 aromatic heterocycles. The van der Waals surface area contributed by atoms with E-state index in [1.807, 2.05) is 0 Å². The number of nitro groups is 1. The lowest BCUT2D eigenvalue weighted by Gasteiger charge is -1.97. The van der Waals surface area contributed by atoms with Crippen molar-refractivity contribution in [1.29, 1.82) is 0 Å². The minimum Gasteiger partial charge on any atom is -0.258 e. The first-order valence-corrected chi connectivity index (χ1v) is 4.77. The van der Waals surface area contributed by atoms with E-state index < -0.39 is 4.92 Å². The maximum atomic E-state index is 10.4. The van der Waals surface area contributed by atoms with Crippen LogP contribution in [0.4, 0.5) is 5.69 Å². The van der Waals surface area contributed by atoms with Gasteiger partial charge in [0.05, 0.1) is 14.4 Å². The largest absolute Gasteiger partial charge is 0.285 e. The first-order chi connectivity index (χ1) is 5.52. The maximum Gasteiger partial charge on any atom is 0.285 e. The summed E-state index contributed by atoms with van der Waals surface area (Å²) in [7, 11) is 0. The van der Waals surface area contributed by atoms with Crippen molar-refractivity contribution in [2.75, 3.05) is 0 Å². The first-order valence-electron chi connectivity index (χ1n) is 2.81. The van der Waals surface area contributed by atoms with Gasteiger partial charge in [0.1, 0.15) is 0 Å². The van der Waals surface area contributed by atoms with Gasteiger partial charge in [-0.15, -0.1) is 0 Å². The van der Waals surface area contributed by atoms with Gasteiger partial charge in [-0.2, -0.15) is 0 Å². The molecule has 0 radical (unpaired) electrons. The molecule has 0 amide bonds. The zero-order valence-corrected chi connectivity index (χ0v) is 9.48. The summed E-state index contributed by atoms with van der Waals surface area (Å²) in [5, 5.41) is 10.7. The van der Waals surface area contributed by atoms with E-state index in [1.165, 1.54) is 6.07 Å². The van der Waals surface area contributed by atoms with Crippen LogP contribution in [0, 0.1) is 10.1 Å². The highest BCUT2D eigenvalue weighted by molar-refractivity contribution is 9.11. The molecule has 0 heterocycles. The fraction of sp³-hybridized carbons (Fsp3) is 0. The van der Waals surface area contributed by atoms with Crippen LogP contribution in [-0.4, -0.2) is 4.92 Å². The van der Waals surface area contributed by atoms with Crippen molar-refractivity contribution < 1.29 is 4.92 Å². The molecule has 0 N–H and O–H groups in total. The van der Waals surface area contributed by atoms with Crippen molar-refractivity contribution in [3.8, 4) is 0 Å². The van der Waals surface area contributed by atoms with Crippen molar-refractivity contribution in [1.82, 2.24) is 0 Å². The van der Waals surface area contributed by atoms with Crippen molar-refractivity contribution in [2.45, 2.75) is 0 Å². The van der Waals surface area contributed by atoms with E-state index in [9.17, 15) is 10.1 Å².